The fourth-order valence-corrected chi connectivity index (χ4v) is 2.29. The van der Waals surface area contributed by atoms with Crippen molar-refractivity contribution in [3.05, 3.63) is 34.6 Å². The molecule has 0 fully saturated rings. The number of aromatic amines is 1. The highest BCUT2D eigenvalue weighted by atomic mass is 15.2. The van der Waals surface area contributed by atoms with Crippen LogP contribution in [0.3, 0.4) is 0 Å². The number of rotatable bonds is 3. The van der Waals surface area contributed by atoms with E-state index >= 15 is 0 Å². The second-order valence-electron chi connectivity index (χ2n) is 4.63. The minimum atomic E-state index is 0.823. The van der Waals surface area contributed by atoms with Crippen LogP contribution in [0, 0.1) is 20.8 Å². The maximum absolute atomic E-state index is 4.55. The van der Waals surface area contributed by atoms with Crippen LogP contribution in [0.25, 0.3) is 11.4 Å². The van der Waals surface area contributed by atoms with Gasteiger partial charge < -0.3 is 0 Å². The Morgan fingerprint density at radius 2 is 1.76 bits per heavy atom. The Hall–Kier alpha value is -1.64. The van der Waals surface area contributed by atoms with Crippen molar-refractivity contribution >= 4 is 0 Å². The molecule has 90 valence electrons. The summed E-state index contributed by atoms with van der Waals surface area (Å²) in [5.41, 5.74) is 4.93. The third-order valence-corrected chi connectivity index (χ3v) is 2.92. The first kappa shape index (κ1) is 11.8. The lowest BCUT2D eigenvalue weighted by atomic mass is 9.99. The van der Waals surface area contributed by atoms with E-state index in [1.54, 1.807) is 0 Å². The molecule has 0 amide bonds. The van der Waals surface area contributed by atoms with E-state index in [4.69, 9.17) is 0 Å². The van der Waals surface area contributed by atoms with Gasteiger partial charge >= 0.3 is 0 Å². The van der Waals surface area contributed by atoms with Crippen molar-refractivity contribution in [3.63, 3.8) is 0 Å². The molecule has 0 bridgehead atoms. The second kappa shape index (κ2) is 4.70. The molecular weight excluding hydrogens is 210 g/mol. The lowest BCUT2D eigenvalue weighted by molar-refractivity contribution is 0.841. The van der Waals surface area contributed by atoms with Crippen molar-refractivity contribution in [2.75, 3.05) is 0 Å². The molecule has 3 nitrogen and oxygen atoms in total. The summed E-state index contributed by atoms with van der Waals surface area (Å²) in [6.45, 7) is 8.49. The fourth-order valence-electron chi connectivity index (χ4n) is 2.29. The van der Waals surface area contributed by atoms with Gasteiger partial charge in [-0.15, -0.1) is 0 Å². The SMILES string of the molecule is CCCc1nc(-c2c(C)cc(C)cc2C)n[nH]1. The number of hydrogen-bond donors (Lipinski definition) is 1. The first-order valence-electron chi connectivity index (χ1n) is 6.11. The summed E-state index contributed by atoms with van der Waals surface area (Å²) in [6.07, 6.45) is 2.04. The van der Waals surface area contributed by atoms with Crippen LogP contribution in [0.4, 0.5) is 0 Å². The summed E-state index contributed by atoms with van der Waals surface area (Å²) in [5, 5.41) is 7.33. The van der Waals surface area contributed by atoms with Gasteiger partial charge in [-0.05, 0) is 38.3 Å². The summed E-state index contributed by atoms with van der Waals surface area (Å²) in [7, 11) is 0. The van der Waals surface area contributed by atoms with Crippen molar-refractivity contribution in [3.8, 4) is 11.4 Å². The molecule has 0 aliphatic rings. The molecule has 1 aromatic carbocycles. The Labute approximate surface area is 102 Å². The molecule has 1 N–H and O–H groups in total. The molecule has 17 heavy (non-hydrogen) atoms. The van der Waals surface area contributed by atoms with E-state index in [9.17, 15) is 0 Å². The third-order valence-electron chi connectivity index (χ3n) is 2.92. The van der Waals surface area contributed by atoms with Crippen molar-refractivity contribution in [2.24, 2.45) is 0 Å². The molecule has 2 aromatic rings. The third kappa shape index (κ3) is 2.38. The number of hydrogen-bond acceptors (Lipinski definition) is 2. The van der Waals surface area contributed by atoms with E-state index in [2.05, 4.69) is 55.0 Å². The first-order chi connectivity index (χ1) is 8.11. The fraction of sp³-hybridized carbons (Fsp3) is 0.429. The minimum Gasteiger partial charge on any atom is -0.263 e. The predicted octanol–water partition coefficient (Wildman–Crippen LogP) is 3.35. The zero-order valence-corrected chi connectivity index (χ0v) is 11.0. The monoisotopic (exact) mass is 229 g/mol. The van der Waals surface area contributed by atoms with Crippen LogP contribution < -0.4 is 0 Å². The largest absolute Gasteiger partial charge is 0.263 e. The quantitative estimate of drug-likeness (QED) is 0.877. The smallest absolute Gasteiger partial charge is 0.181 e. The molecule has 0 saturated heterocycles. The highest BCUT2D eigenvalue weighted by Crippen LogP contribution is 2.25. The van der Waals surface area contributed by atoms with E-state index in [1.807, 2.05) is 0 Å². The van der Waals surface area contributed by atoms with Gasteiger partial charge in [0, 0.05) is 12.0 Å². The maximum Gasteiger partial charge on any atom is 0.181 e. The number of H-pyrrole nitrogens is 1. The van der Waals surface area contributed by atoms with E-state index < -0.39 is 0 Å². The minimum absolute atomic E-state index is 0.823. The molecule has 1 heterocycles. The van der Waals surface area contributed by atoms with Crippen LogP contribution >= 0.6 is 0 Å². The van der Waals surface area contributed by atoms with Gasteiger partial charge in [0.15, 0.2) is 5.82 Å². The molecule has 0 spiro atoms. The Balaban J connectivity index is 2.45. The van der Waals surface area contributed by atoms with Gasteiger partial charge in [-0.1, -0.05) is 24.6 Å². The molecule has 0 saturated carbocycles. The molecule has 0 atom stereocenters. The van der Waals surface area contributed by atoms with E-state index in [1.165, 1.54) is 16.7 Å². The average molecular weight is 229 g/mol. The van der Waals surface area contributed by atoms with Crippen LogP contribution in [-0.4, -0.2) is 15.2 Å². The van der Waals surface area contributed by atoms with Crippen LogP contribution in [0.5, 0.6) is 0 Å². The van der Waals surface area contributed by atoms with Gasteiger partial charge in [0.1, 0.15) is 5.82 Å². The van der Waals surface area contributed by atoms with Gasteiger partial charge in [-0.25, -0.2) is 4.98 Å². The van der Waals surface area contributed by atoms with E-state index in [0.29, 0.717) is 0 Å². The Morgan fingerprint density at radius 1 is 1.12 bits per heavy atom. The number of nitrogens with one attached hydrogen (secondary N) is 1. The summed E-state index contributed by atoms with van der Waals surface area (Å²) < 4.78 is 0. The highest BCUT2D eigenvalue weighted by Gasteiger charge is 2.11. The normalized spacial score (nSPS) is 10.8. The lowest BCUT2D eigenvalue weighted by Crippen LogP contribution is -1.92. The van der Waals surface area contributed by atoms with Crippen LogP contribution in [0.2, 0.25) is 0 Å². The van der Waals surface area contributed by atoms with E-state index in [0.717, 1.165) is 30.1 Å². The standard InChI is InChI=1S/C14H19N3/c1-5-6-12-15-14(17-16-12)13-10(3)7-9(2)8-11(13)4/h7-8H,5-6H2,1-4H3,(H,15,16,17). The predicted molar refractivity (Wildman–Crippen MR) is 70.0 cm³/mol. The molecule has 0 radical (unpaired) electrons. The molecule has 0 aliphatic carbocycles. The van der Waals surface area contributed by atoms with Gasteiger partial charge in [-0.3, -0.25) is 5.10 Å². The second-order valence-corrected chi connectivity index (χ2v) is 4.63. The zero-order valence-electron chi connectivity index (χ0n) is 11.0. The average Bonchev–Trinajstić information content (AvgIpc) is 2.65. The molecule has 2 rings (SSSR count). The molecule has 1 aromatic heterocycles. The summed E-state index contributed by atoms with van der Waals surface area (Å²) in [6, 6.07) is 4.36. The molecule has 0 aliphatic heterocycles. The lowest BCUT2D eigenvalue weighted by Gasteiger charge is -2.07. The zero-order chi connectivity index (χ0) is 12.4. The van der Waals surface area contributed by atoms with Crippen LogP contribution in [0.15, 0.2) is 12.1 Å². The maximum atomic E-state index is 4.55. The first-order valence-corrected chi connectivity index (χ1v) is 6.11. The number of aromatic nitrogens is 3. The van der Waals surface area contributed by atoms with Crippen molar-refractivity contribution in [2.45, 2.75) is 40.5 Å². The Morgan fingerprint density at radius 3 is 2.35 bits per heavy atom. The molecular formula is C14H19N3. The van der Waals surface area contributed by atoms with Gasteiger partial charge in [0.05, 0.1) is 0 Å². The Bertz CT molecular complexity index is 503. The highest BCUT2D eigenvalue weighted by molar-refractivity contribution is 5.65. The molecule has 0 unspecified atom stereocenters. The van der Waals surface area contributed by atoms with Crippen molar-refractivity contribution in [1.29, 1.82) is 0 Å². The summed E-state index contributed by atoms with van der Waals surface area (Å²) in [5.74, 6) is 1.80. The number of nitrogens with zero attached hydrogens (tertiary/aromatic N) is 2. The van der Waals surface area contributed by atoms with E-state index in [-0.39, 0.29) is 0 Å². The number of benzene rings is 1. The van der Waals surface area contributed by atoms with Gasteiger partial charge in [-0.2, -0.15) is 5.10 Å². The molecule has 3 heteroatoms. The van der Waals surface area contributed by atoms with Gasteiger partial charge in [0.25, 0.3) is 0 Å². The summed E-state index contributed by atoms with van der Waals surface area (Å²) in [4.78, 5) is 4.55. The Kier molecular flexibility index (Phi) is 3.27. The van der Waals surface area contributed by atoms with Crippen molar-refractivity contribution < 1.29 is 0 Å². The topological polar surface area (TPSA) is 41.6 Å². The van der Waals surface area contributed by atoms with Crippen LogP contribution in [-0.2, 0) is 6.42 Å². The number of aryl methyl sites for hydroxylation is 4. The van der Waals surface area contributed by atoms with Crippen LogP contribution in [0.1, 0.15) is 35.9 Å². The van der Waals surface area contributed by atoms with Gasteiger partial charge in [0.2, 0.25) is 0 Å². The summed E-state index contributed by atoms with van der Waals surface area (Å²) >= 11 is 0. The van der Waals surface area contributed by atoms with Crippen molar-refractivity contribution in [1.82, 2.24) is 15.2 Å².